The standard InChI is InChI=1S/C25H31N7O3/c1-17(28-16-20(24(27)33)23(26)29-15-18-8-4-3-5-9-18)30-19-10-11-22(35-2)21(14-19)31-25(34)32-12-6-7-13-32/h3-5,8-11,14,16,28,30H,1,6-7,12-13,15H2,2H3,(H2,26,29)(H2,27,33)(H,31,34). The second kappa shape index (κ2) is 12.1. The normalized spacial score (nSPS) is 13.8. The minimum Gasteiger partial charge on any atom is -0.495 e. The van der Waals surface area contributed by atoms with E-state index >= 15 is 0 Å². The predicted octanol–water partition coefficient (Wildman–Crippen LogP) is 2.72. The number of aliphatic imine (C=N–C) groups is 1. The Balaban J connectivity index is 1.65. The van der Waals surface area contributed by atoms with E-state index in [1.165, 1.54) is 13.3 Å². The molecule has 10 heteroatoms. The Labute approximate surface area is 204 Å². The number of amidine groups is 1. The average Bonchev–Trinajstić information content (AvgIpc) is 3.39. The Hall–Kier alpha value is -4.47. The molecular formula is C25H31N7O3. The van der Waals surface area contributed by atoms with Crippen LogP contribution in [-0.4, -0.2) is 42.9 Å². The van der Waals surface area contributed by atoms with Gasteiger partial charge >= 0.3 is 6.03 Å². The van der Waals surface area contributed by atoms with Crippen LogP contribution in [0.3, 0.4) is 0 Å². The first-order chi connectivity index (χ1) is 16.9. The molecule has 1 fully saturated rings. The Morgan fingerprint density at radius 3 is 2.49 bits per heavy atom. The maximum absolute atomic E-state index is 12.5. The number of nitrogens with zero attached hydrogens (tertiary/aromatic N) is 2. The summed E-state index contributed by atoms with van der Waals surface area (Å²) in [5, 5.41) is 8.82. The molecule has 3 rings (SSSR count). The quantitative estimate of drug-likeness (QED) is 0.202. The Morgan fingerprint density at radius 2 is 1.83 bits per heavy atom. The molecule has 0 aliphatic carbocycles. The van der Waals surface area contributed by atoms with E-state index < -0.39 is 5.91 Å². The summed E-state index contributed by atoms with van der Waals surface area (Å²) >= 11 is 0. The fourth-order valence-corrected chi connectivity index (χ4v) is 3.48. The van der Waals surface area contributed by atoms with E-state index in [1.807, 2.05) is 30.3 Å². The van der Waals surface area contributed by atoms with Crippen molar-refractivity contribution in [1.82, 2.24) is 10.2 Å². The SMILES string of the molecule is C=C(NC=C(C(N)=O)C(N)=NCc1ccccc1)Nc1ccc(OC)c(NC(=O)N2CCCC2)c1. The van der Waals surface area contributed by atoms with Gasteiger partial charge in [0.15, 0.2) is 0 Å². The summed E-state index contributed by atoms with van der Waals surface area (Å²) in [6, 6.07) is 14.6. The number of primary amides is 1. The number of amides is 3. The number of urea groups is 1. The van der Waals surface area contributed by atoms with Gasteiger partial charge in [0.2, 0.25) is 0 Å². The number of methoxy groups -OCH3 is 1. The van der Waals surface area contributed by atoms with Gasteiger partial charge in [-0.3, -0.25) is 9.79 Å². The Kier molecular flexibility index (Phi) is 8.71. The third-order valence-electron chi connectivity index (χ3n) is 5.34. The molecule has 1 aliphatic heterocycles. The zero-order valence-electron chi connectivity index (χ0n) is 19.7. The molecule has 1 saturated heterocycles. The molecule has 0 radical (unpaired) electrons. The second-order valence-corrected chi connectivity index (χ2v) is 7.90. The number of rotatable bonds is 10. The average molecular weight is 478 g/mol. The number of carbonyl (C=O) groups excluding carboxylic acids is 2. The molecule has 7 N–H and O–H groups in total. The number of ether oxygens (including phenoxy) is 1. The van der Waals surface area contributed by atoms with Crippen molar-refractivity contribution < 1.29 is 14.3 Å². The number of likely N-dealkylation sites (tertiary alicyclic amines) is 1. The minimum atomic E-state index is -0.726. The summed E-state index contributed by atoms with van der Waals surface area (Å²) in [7, 11) is 1.54. The van der Waals surface area contributed by atoms with E-state index in [0.717, 1.165) is 31.5 Å². The van der Waals surface area contributed by atoms with E-state index in [-0.39, 0.29) is 17.4 Å². The van der Waals surface area contributed by atoms with E-state index in [0.29, 0.717) is 29.5 Å². The van der Waals surface area contributed by atoms with Gasteiger partial charge in [0, 0.05) is 25.0 Å². The van der Waals surface area contributed by atoms with Gasteiger partial charge in [0.05, 0.1) is 30.7 Å². The molecular weight excluding hydrogens is 446 g/mol. The van der Waals surface area contributed by atoms with Crippen LogP contribution in [0.15, 0.2) is 77.7 Å². The monoisotopic (exact) mass is 477 g/mol. The maximum atomic E-state index is 12.5. The largest absolute Gasteiger partial charge is 0.495 e. The molecule has 184 valence electrons. The van der Waals surface area contributed by atoms with Gasteiger partial charge in [-0.1, -0.05) is 36.9 Å². The van der Waals surface area contributed by atoms with Crippen molar-refractivity contribution in [3.05, 3.63) is 78.3 Å². The Bertz CT molecular complexity index is 1120. The summed E-state index contributed by atoms with van der Waals surface area (Å²) in [5.41, 5.74) is 13.6. The number of benzene rings is 2. The summed E-state index contributed by atoms with van der Waals surface area (Å²) in [6.07, 6.45) is 3.35. The molecule has 0 saturated carbocycles. The van der Waals surface area contributed by atoms with E-state index in [4.69, 9.17) is 16.2 Å². The lowest BCUT2D eigenvalue weighted by molar-refractivity contribution is -0.114. The number of hydrogen-bond donors (Lipinski definition) is 5. The van der Waals surface area contributed by atoms with Crippen LogP contribution in [0.25, 0.3) is 0 Å². The van der Waals surface area contributed by atoms with Crippen LogP contribution in [0, 0.1) is 0 Å². The molecule has 0 atom stereocenters. The van der Waals surface area contributed by atoms with Gasteiger partial charge in [-0.15, -0.1) is 0 Å². The van der Waals surface area contributed by atoms with Crippen molar-refractivity contribution in [3.8, 4) is 5.75 Å². The topological polar surface area (TPSA) is 147 Å². The van der Waals surface area contributed by atoms with Crippen molar-refractivity contribution in [2.24, 2.45) is 16.5 Å². The van der Waals surface area contributed by atoms with E-state index in [2.05, 4.69) is 27.5 Å². The van der Waals surface area contributed by atoms with Crippen LogP contribution in [0.1, 0.15) is 18.4 Å². The van der Waals surface area contributed by atoms with Crippen LogP contribution < -0.4 is 32.2 Å². The number of nitrogens with two attached hydrogens (primary N) is 2. The summed E-state index contributed by atoms with van der Waals surface area (Å²) < 4.78 is 5.37. The predicted molar refractivity (Wildman–Crippen MR) is 138 cm³/mol. The first kappa shape index (κ1) is 25.2. The summed E-state index contributed by atoms with van der Waals surface area (Å²) in [6.45, 7) is 5.69. The van der Waals surface area contributed by atoms with Crippen LogP contribution in [-0.2, 0) is 11.3 Å². The lowest BCUT2D eigenvalue weighted by atomic mass is 10.2. The van der Waals surface area contributed by atoms with E-state index in [9.17, 15) is 9.59 Å². The Morgan fingerprint density at radius 1 is 1.11 bits per heavy atom. The first-order valence-corrected chi connectivity index (χ1v) is 11.2. The first-order valence-electron chi connectivity index (χ1n) is 11.2. The van der Waals surface area contributed by atoms with Gasteiger partial charge in [-0.25, -0.2) is 4.79 Å². The molecule has 10 nitrogen and oxygen atoms in total. The minimum absolute atomic E-state index is 0.0120. The highest BCUT2D eigenvalue weighted by atomic mass is 16.5. The fraction of sp³-hybridized carbons (Fsp3) is 0.240. The molecule has 1 heterocycles. The lowest BCUT2D eigenvalue weighted by Gasteiger charge is -2.19. The van der Waals surface area contributed by atoms with Gasteiger partial charge in [0.25, 0.3) is 5.91 Å². The van der Waals surface area contributed by atoms with Crippen molar-refractivity contribution >= 4 is 29.1 Å². The van der Waals surface area contributed by atoms with Crippen LogP contribution in [0.2, 0.25) is 0 Å². The summed E-state index contributed by atoms with van der Waals surface area (Å²) in [4.78, 5) is 30.4. The fourth-order valence-electron chi connectivity index (χ4n) is 3.48. The molecule has 0 aromatic heterocycles. The molecule has 2 aromatic rings. The third kappa shape index (κ3) is 7.26. The van der Waals surface area contributed by atoms with Crippen LogP contribution in [0.4, 0.5) is 16.2 Å². The zero-order chi connectivity index (χ0) is 25.2. The van der Waals surface area contributed by atoms with Crippen LogP contribution in [0.5, 0.6) is 5.75 Å². The second-order valence-electron chi connectivity index (χ2n) is 7.90. The van der Waals surface area contributed by atoms with Crippen molar-refractivity contribution in [2.45, 2.75) is 19.4 Å². The molecule has 0 unspecified atom stereocenters. The van der Waals surface area contributed by atoms with Crippen molar-refractivity contribution in [2.75, 3.05) is 30.8 Å². The van der Waals surface area contributed by atoms with Crippen molar-refractivity contribution in [3.63, 3.8) is 0 Å². The smallest absolute Gasteiger partial charge is 0.321 e. The number of nitrogens with one attached hydrogen (secondary N) is 3. The number of hydrogen-bond acceptors (Lipinski definition) is 6. The lowest BCUT2D eigenvalue weighted by Crippen LogP contribution is -2.32. The highest BCUT2D eigenvalue weighted by Crippen LogP contribution is 2.29. The van der Waals surface area contributed by atoms with Crippen LogP contribution >= 0.6 is 0 Å². The molecule has 2 aromatic carbocycles. The summed E-state index contributed by atoms with van der Waals surface area (Å²) in [5.74, 6) is 0.163. The number of anilines is 2. The molecule has 1 aliphatic rings. The van der Waals surface area contributed by atoms with Gasteiger partial charge in [-0.2, -0.15) is 0 Å². The van der Waals surface area contributed by atoms with E-state index in [1.54, 1.807) is 23.1 Å². The maximum Gasteiger partial charge on any atom is 0.321 e. The molecule has 0 spiro atoms. The molecule has 3 amide bonds. The highest BCUT2D eigenvalue weighted by Gasteiger charge is 2.19. The van der Waals surface area contributed by atoms with Crippen molar-refractivity contribution in [1.29, 1.82) is 0 Å². The highest BCUT2D eigenvalue weighted by molar-refractivity contribution is 6.19. The van der Waals surface area contributed by atoms with Gasteiger partial charge < -0.3 is 37.1 Å². The zero-order valence-corrected chi connectivity index (χ0v) is 19.7. The third-order valence-corrected chi connectivity index (χ3v) is 5.34. The van der Waals surface area contributed by atoms with Gasteiger partial charge in [-0.05, 0) is 36.6 Å². The molecule has 0 bridgehead atoms. The van der Waals surface area contributed by atoms with Gasteiger partial charge in [0.1, 0.15) is 11.6 Å². The number of carbonyl (C=O) groups is 2. The molecule has 35 heavy (non-hydrogen) atoms.